The average Bonchev–Trinajstić information content (AvgIpc) is 2.52. The van der Waals surface area contributed by atoms with E-state index in [1.54, 1.807) is 18.2 Å². The second-order valence-electron chi connectivity index (χ2n) is 5.66. The van der Waals surface area contributed by atoms with E-state index in [4.69, 9.17) is 16.2 Å². The Balaban J connectivity index is 1.69. The Morgan fingerprint density at radius 1 is 1.29 bits per heavy atom. The van der Waals surface area contributed by atoms with Gasteiger partial charge in [-0.2, -0.15) is 0 Å². The number of ether oxygens (including phenoxy) is 1. The molecule has 0 radical (unpaired) electrons. The lowest BCUT2D eigenvalue weighted by atomic mass is 9.68. The van der Waals surface area contributed by atoms with Gasteiger partial charge in [-0.25, -0.2) is 0 Å². The van der Waals surface area contributed by atoms with E-state index < -0.39 is 5.91 Å². The number of amides is 2. The molecule has 1 aromatic carbocycles. The number of primary amides is 1. The van der Waals surface area contributed by atoms with Gasteiger partial charge in [0.2, 0.25) is 5.91 Å². The highest BCUT2D eigenvalue weighted by atomic mass is 16.5. The average molecular weight is 289 g/mol. The smallest absolute Gasteiger partial charge is 0.251 e. The van der Waals surface area contributed by atoms with Crippen LogP contribution < -0.4 is 16.8 Å². The third kappa shape index (κ3) is 2.52. The van der Waals surface area contributed by atoms with E-state index in [0.29, 0.717) is 17.0 Å². The summed E-state index contributed by atoms with van der Waals surface area (Å²) in [7, 11) is 0. The highest BCUT2D eigenvalue weighted by molar-refractivity contribution is 5.99. The van der Waals surface area contributed by atoms with Crippen molar-refractivity contribution in [2.24, 2.45) is 17.4 Å². The number of benzene rings is 1. The number of nitrogens with two attached hydrogens (primary N) is 2. The van der Waals surface area contributed by atoms with Crippen molar-refractivity contribution in [1.29, 1.82) is 0 Å². The molecule has 2 amide bonds. The molecule has 1 aliphatic carbocycles. The van der Waals surface area contributed by atoms with Gasteiger partial charge in [0.15, 0.2) is 0 Å². The predicted octanol–water partition coefficient (Wildman–Crippen LogP) is 0.0200. The zero-order valence-electron chi connectivity index (χ0n) is 11.6. The van der Waals surface area contributed by atoms with Crippen LogP contribution in [0.2, 0.25) is 0 Å². The molecule has 1 aliphatic heterocycles. The Kier molecular flexibility index (Phi) is 3.65. The first-order valence-electron chi connectivity index (χ1n) is 7.16. The molecule has 0 aromatic heterocycles. The van der Waals surface area contributed by atoms with Crippen molar-refractivity contribution in [3.63, 3.8) is 0 Å². The van der Waals surface area contributed by atoms with Crippen molar-refractivity contribution in [3.05, 3.63) is 35.4 Å². The van der Waals surface area contributed by atoms with Crippen LogP contribution in [0, 0.1) is 5.92 Å². The minimum atomic E-state index is -0.555. The molecule has 2 aliphatic rings. The maximum Gasteiger partial charge on any atom is 0.251 e. The summed E-state index contributed by atoms with van der Waals surface area (Å²) >= 11 is 0. The van der Waals surface area contributed by atoms with Crippen LogP contribution in [0.5, 0.6) is 0 Å². The topological polar surface area (TPSA) is 107 Å². The zero-order chi connectivity index (χ0) is 15.0. The van der Waals surface area contributed by atoms with Crippen LogP contribution in [-0.2, 0) is 4.74 Å². The Bertz CT molecular complexity index is 575. The number of fused-ring (bicyclic) bond motifs is 1. The van der Waals surface area contributed by atoms with E-state index >= 15 is 0 Å². The maximum atomic E-state index is 12.3. The summed E-state index contributed by atoms with van der Waals surface area (Å²) in [4.78, 5) is 23.4. The van der Waals surface area contributed by atoms with Gasteiger partial charge in [0, 0.05) is 29.7 Å². The second kappa shape index (κ2) is 5.46. The number of carbonyl (C=O) groups excluding carboxylic acids is 2. The quantitative estimate of drug-likeness (QED) is 0.729. The highest BCUT2D eigenvalue weighted by Crippen LogP contribution is 2.37. The predicted molar refractivity (Wildman–Crippen MR) is 76.7 cm³/mol. The lowest BCUT2D eigenvalue weighted by Crippen LogP contribution is -2.72. The van der Waals surface area contributed by atoms with Crippen LogP contribution in [-0.4, -0.2) is 36.6 Å². The third-order valence-corrected chi connectivity index (χ3v) is 4.38. The lowest BCUT2D eigenvalue weighted by molar-refractivity contribution is -0.117. The Labute approximate surface area is 122 Å². The Morgan fingerprint density at radius 3 is 2.81 bits per heavy atom. The number of hydrogen-bond donors (Lipinski definition) is 3. The summed E-state index contributed by atoms with van der Waals surface area (Å²) in [5.74, 6) is -0.479. The molecule has 1 saturated heterocycles. The van der Waals surface area contributed by atoms with Gasteiger partial charge < -0.3 is 21.5 Å². The monoisotopic (exact) mass is 289 g/mol. The van der Waals surface area contributed by atoms with Crippen molar-refractivity contribution in [3.8, 4) is 0 Å². The molecule has 4 unspecified atom stereocenters. The fourth-order valence-corrected chi connectivity index (χ4v) is 3.17. The summed E-state index contributed by atoms with van der Waals surface area (Å²) in [5.41, 5.74) is 12.0. The molecule has 4 atom stereocenters. The van der Waals surface area contributed by atoms with Crippen LogP contribution in [0.1, 0.15) is 33.6 Å². The summed E-state index contributed by atoms with van der Waals surface area (Å²) in [6, 6.07) is 6.11. The lowest BCUT2D eigenvalue weighted by Gasteiger charge is -2.52. The molecule has 0 bridgehead atoms. The minimum Gasteiger partial charge on any atom is -0.376 e. The van der Waals surface area contributed by atoms with Gasteiger partial charge in [0.25, 0.3) is 5.91 Å². The highest BCUT2D eigenvalue weighted by Gasteiger charge is 2.51. The van der Waals surface area contributed by atoms with Crippen molar-refractivity contribution < 1.29 is 14.3 Å². The molecular formula is C15H19N3O3. The van der Waals surface area contributed by atoms with Crippen LogP contribution in [0.4, 0.5) is 0 Å². The van der Waals surface area contributed by atoms with E-state index in [9.17, 15) is 9.59 Å². The molecule has 21 heavy (non-hydrogen) atoms. The minimum absolute atomic E-state index is 0.0111. The van der Waals surface area contributed by atoms with E-state index in [1.165, 1.54) is 6.07 Å². The molecule has 1 heterocycles. The Hall–Kier alpha value is -1.92. The normalized spacial score (nSPS) is 30.9. The largest absolute Gasteiger partial charge is 0.376 e. The summed E-state index contributed by atoms with van der Waals surface area (Å²) in [6.45, 7) is 0.720. The molecular weight excluding hydrogens is 270 g/mol. The second-order valence-corrected chi connectivity index (χ2v) is 5.66. The van der Waals surface area contributed by atoms with E-state index in [0.717, 1.165) is 19.4 Å². The molecule has 1 aromatic rings. The molecule has 2 fully saturated rings. The van der Waals surface area contributed by atoms with Gasteiger partial charge in [-0.05, 0) is 31.0 Å². The molecule has 5 N–H and O–H groups in total. The first-order chi connectivity index (χ1) is 10.1. The summed E-state index contributed by atoms with van der Waals surface area (Å²) in [5, 5.41) is 2.91. The molecule has 0 spiro atoms. The van der Waals surface area contributed by atoms with Gasteiger partial charge in [0.05, 0.1) is 12.1 Å². The van der Waals surface area contributed by atoms with Gasteiger partial charge >= 0.3 is 0 Å². The van der Waals surface area contributed by atoms with Crippen molar-refractivity contribution in [2.75, 3.05) is 6.61 Å². The van der Waals surface area contributed by atoms with Crippen LogP contribution in [0.15, 0.2) is 24.3 Å². The van der Waals surface area contributed by atoms with Crippen molar-refractivity contribution in [1.82, 2.24) is 5.32 Å². The molecule has 6 heteroatoms. The van der Waals surface area contributed by atoms with Gasteiger partial charge in [-0.15, -0.1) is 0 Å². The standard InChI is InChI=1S/C15H19N3O3/c16-11-10-5-2-6-21-13(10)12(11)18-15(20)9-4-1-3-8(7-9)14(17)19/h1,3-4,7,10-13H,2,5-6,16H2,(H2,17,19)(H,18,20). The SMILES string of the molecule is NC(=O)c1cccc(C(=O)NC2C(N)C3CCCOC32)c1. The summed E-state index contributed by atoms with van der Waals surface area (Å²) in [6.07, 6.45) is 2.09. The summed E-state index contributed by atoms with van der Waals surface area (Å²) < 4.78 is 5.69. The van der Waals surface area contributed by atoms with Crippen molar-refractivity contribution >= 4 is 11.8 Å². The van der Waals surface area contributed by atoms with Crippen LogP contribution in [0.3, 0.4) is 0 Å². The van der Waals surface area contributed by atoms with E-state index in [2.05, 4.69) is 5.32 Å². The number of rotatable bonds is 3. The fraction of sp³-hybridized carbons (Fsp3) is 0.467. The Morgan fingerprint density at radius 2 is 2.05 bits per heavy atom. The number of carbonyl (C=O) groups is 2. The van der Waals surface area contributed by atoms with Crippen LogP contribution >= 0.6 is 0 Å². The van der Waals surface area contributed by atoms with Gasteiger partial charge in [0.1, 0.15) is 0 Å². The van der Waals surface area contributed by atoms with E-state index in [1.807, 2.05) is 0 Å². The van der Waals surface area contributed by atoms with E-state index in [-0.39, 0.29) is 24.1 Å². The van der Waals surface area contributed by atoms with Crippen molar-refractivity contribution in [2.45, 2.75) is 31.0 Å². The fourth-order valence-electron chi connectivity index (χ4n) is 3.17. The molecule has 112 valence electrons. The first kappa shape index (κ1) is 14.0. The van der Waals surface area contributed by atoms with Crippen LogP contribution in [0.25, 0.3) is 0 Å². The molecule has 1 saturated carbocycles. The third-order valence-electron chi connectivity index (χ3n) is 4.38. The van der Waals surface area contributed by atoms with Gasteiger partial charge in [-0.1, -0.05) is 6.07 Å². The first-order valence-corrected chi connectivity index (χ1v) is 7.16. The zero-order valence-corrected chi connectivity index (χ0v) is 11.6. The number of nitrogens with one attached hydrogen (secondary N) is 1. The maximum absolute atomic E-state index is 12.3. The van der Waals surface area contributed by atoms with Gasteiger partial charge in [-0.3, -0.25) is 9.59 Å². The molecule has 3 rings (SSSR count). The number of hydrogen-bond acceptors (Lipinski definition) is 4. The molecule has 6 nitrogen and oxygen atoms in total.